The van der Waals surface area contributed by atoms with E-state index >= 15 is 0 Å². The number of carbonyl (C=O) groups is 1. The van der Waals surface area contributed by atoms with Crippen LogP contribution in [0, 0.1) is 23.2 Å². The Bertz CT molecular complexity index is 1020. The first-order valence-corrected chi connectivity index (χ1v) is 15.0. The highest BCUT2D eigenvalue weighted by Crippen LogP contribution is 2.62. The normalized spacial score (nSPS) is 35.9. The fourth-order valence-electron chi connectivity index (χ4n) is 8.34. The van der Waals surface area contributed by atoms with Crippen LogP contribution in [0.25, 0.3) is 0 Å². The molecule has 8 nitrogen and oxygen atoms in total. The second-order valence-electron chi connectivity index (χ2n) is 12.8. The summed E-state index contributed by atoms with van der Waals surface area (Å²) in [6.45, 7) is 10.3. The standard InChI is InChI=1S/C31H46N2O6/c1-30-9-5-10-31(21-38-31)27(30)17-23-24(29(34)39-26(23)18-30)20-33(12-6-11-32-13-15-37-16-14-32)19-22-7-4-8-25(35-2)28(22)36-3/h4,7-8,23-24,26-27H,5-6,9-21H2,1-3H3. The van der Waals surface area contributed by atoms with Crippen molar-refractivity contribution in [2.75, 3.05) is 66.8 Å². The Labute approximate surface area is 233 Å². The van der Waals surface area contributed by atoms with Crippen LogP contribution in [0.4, 0.5) is 0 Å². The van der Waals surface area contributed by atoms with Crippen molar-refractivity contribution < 1.29 is 28.5 Å². The van der Waals surface area contributed by atoms with Crippen molar-refractivity contribution >= 4 is 5.97 Å². The highest BCUT2D eigenvalue weighted by atomic mass is 16.6. The van der Waals surface area contributed by atoms with Gasteiger partial charge in [0.05, 0.1) is 45.6 Å². The predicted octanol–water partition coefficient (Wildman–Crippen LogP) is 3.76. The molecule has 2 saturated carbocycles. The number of methoxy groups -OCH3 is 2. The molecular formula is C31H46N2O6. The Balaban J connectivity index is 1.19. The van der Waals surface area contributed by atoms with Crippen LogP contribution >= 0.6 is 0 Å². The van der Waals surface area contributed by atoms with Gasteiger partial charge < -0.3 is 23.7 Å². The van der Waals surface area contributed by atoms with Gasteiger partial charge in [-0.3, -0.25) is 14.6 Å². The third-order valence-corrected chi connectivity index (χ3v) is 10.5. The number of hydrogen-bond donors (Lipinski definition) is 0. The summed E-state index contributed by atoms with van der Waals surface area (Å²) in [5.74, 6) is 2.20. The Morgan fingerprint density at radius 1 is 1.15 bits per heavy atom. The van der Waals surface area contributed by atoms with Gasteiger partial charge in [-0.15, -0.1) is 0 Å². The Hall–Kier alpha value is -1.87. The van der Waals surface area contributed by atoms with Crippen molar-refractivity contribution in [2.45, 2.75) is 63.7 Å². The van der Waals surface area contributed by atoms with E-state index in [1.54, 1.807) is 14.2 Å². The van der Waals surface area contributed by atoms with Crippen molar-refractivity contribution in [1.29, 1.82) is 0 Å². The number of esters is 1. The molecule has 3 heterocycles. The Morgan fingerprint density at radius 3 is 2.72 bits per heavy atom. The third-order valence-electron chi connectivity index (χ3n) is 10.5. The average Bonchev–Trinajstić information content (AvgIpc) is 3.64. The first-order valence-electron chi connectivity index (χ1n) is 15.0. The number of hydrogen-bond acceptors (Lipinski definition) is 8. The minimum Gasteiger partial charge on any atom is -0.493 e. The molecule has 6 unspecified atom stereocenters. The number of ether oxygens (including phenoxy) is 5. The lowest BCUT2D eigenvalue weighted by molar-refractivity contribution is -0.147. The molecule has 1 spiro atoms. The molecule has 1 aromatic rings. The lowest BCUT2D eigenvalue weighted by Gasteiger charge is -2.51. The molecule has 6 atom stereocenters. The van der Waals surface area contributed by atoms with E-state index in [2.05, 4.69) is 22.8 Å². The summed E-state index contributed by atoms with van der Waals surface area (Å²) in [7, 11) is 3.37. The minimum absolute atomic E-state index is 0.00574. The average molecular weight is 543 g/mol. The van der Waals surface area contributed by atoms with Gasteiger partial charge >= 0.3 is 5.97 Å². The van der Waals surface area contributed by atoms with Crippen molar-refractivity contribution in [3.63, 3.8) is 0 Å². The van der Waals surface area contributed by atoms with Crippen LogP contribution in [-0.4, -0.2) is 94.2 Å². The van der Waals surface area contributed by atoms with Crippen LogP contribution in [0.3, 0.4) is 0 Å². The summed E-state index contributed by atoms with van der Waals surface area (Å²) in [6.07, 6.45) is 6.73. The zero-order valence-electron chi connectivity index (χ0n) is 24.0. The topological polar surface area (TPSA) is 73.0 Å². The van der Waals surface area contributed by atoms with Crippen LogP contribution in [-0.2, 0) is 25.5 Å². The SMILES string of the molecule is COc1cccc(CN(CCCN2CCOCC2)CC2C(=O)OC3CC4(C)CCCC5(CO5)C4CC32)c1OC. The second-order valence-corrected chi connectivity index (χ2v) is 12.8. The number of fused-ring (bicyclic) bond motifs is 3. The molecule has 2 aliphatic carbocycles. The van der Waals surface area contributed by atoms with Crippen molar-refractivity contribution in [1.82, 2.24) is 9.80 Å². The molecule has 1 aromatic carbocycles. The maximum atomic E-state index is 13.4. The largest absolute Gasteiger partial charge is 0.493 e. The Morgan fingerprint density at radius 2 is 1.97 bits per heavy atom. The highest BCUT2D eigenvalue weighted by Gasteiger charge is 2.65. The molecule has 0 N–H and O–H groups in total. The molecule has 3 aliphatic heterocycles. The number of morpholine rings is 1. The van der Waals surface area contributed by atoms with E-state index in [9.17, 15) is 4.79 Å². The molecular weight excluding hydrogens is 496 g/mol. The lowest BCUT2D eigenvalue weighted by Crippen LogP contribution is -2.51. The van der Waals surface area contributed by atoms with Crippen molar-refractivity contribution in [3.05, 3.63) is 23.8 Å². The van der Waals surface area contributed by atoms with Gasteiger partial charge in [0.25, 0.3) is 0 Å². The minimum atomic E-state index is -0.0998. The molecule has 0 aromatic heterocycles. The van der Waals surface area contributed by atoms with Crippen LogP contribution in [0.5, 0.6) is 11.5 Å². The number of nitrogens with zero attached hydrogens (tertiary/aromatic N) is 2. The van der Waals surface area contributed by atoms with Crippen molar-refractivity contribution in [2.24, 2.45) is 23.2 Å². The number of para-hydroxylation sites is 1. The quantitative estimate of drug-likeness (QED) is 0.327. The fraction of sp³-hybridized carbons (Fsp3) is 0.774. The van der Waals surface area contributed by atoms with Crippen LogP contribution < -0.4 is 9.47 Å². The summed E-state index contributed by atoms with van der Waals surface area (Å²) in [5, 5.41) is 0. The summed E-state index contributed by atoms with van der Waals surface area (Å²) >= 11 is 0. The van der Waals surface area contributed by atoms with Gasteiger partial charge in [0, 0.05) is 37.7 Å². The maximum Gasteiger partial charge on any atom is 0.310 e. The summed E-state index contributed by atoms with van der Waals surface area (Å²) < 4.78 is 29.1. The van der Waals surface area contributed by atoms with Gasteiger partial charge in [-0.05, 0) is 69.0 Å². The van der Waals surface area contributed by atoms with E-state index in [-0.39, 0.29) is 34.9 Å². The van der Waals surface area contributed by atoms with Gasteiger partial charge in [-0.1, -0.05) is 19.1 Å². The van der Waals surface area contributed by atoms with E-state index in [4.69, 9.17) is 23.7 Å². The van der Waals surface area contributed by atoms with Gasteiger partial charge in [0.2, 0.25) is 0 Å². The van der Waals surface area contributed by atoms with Crippen molar-refractivity contribution in [3.8, 4) is 11.5 Å². The third kappa shape index (κ3) is 5.42. The molecule has 3 saturated heterocycles. The summed E-state index contributed by atoms with van der Waals surface area (Å²) in [6, 6.07) is 6.06. The molecule has 39 heavy (non-hydrogen) atoms. The smallest absolute Gasteiger partial charge is 0.310 e. The van der Waals surface area contributed by atoms with Gasteiger partial charge in [0.1, 0.15) is 6.10 Å². The molecule has 5 aliphatic rings. The van der Waals surface area contributed by atoms with E-state index in [0.717, 1.165) is 82.3 Å². The van der Waals surface area contributed by atoms with Crippen LogP contribution in [0.15, 0.2) is 18.2 Å². The van der Waals surface area contributed by atoms with Crippen LogP contribution in [0.2, 0.25) is 0 Å². The molecule has 0 radical (unpaired) electrons. The molecule has 6 rings (SSSR count). The first-order chi connectivity index (χ1) is 18.9. The van der Waals surface area contributed by atoms with Gasteiger partial charge in [-0.2, -0.15) is 0 Å². The monoisotopic (exact) mass is 542 g/mol. The number of benzene rings is 1. The zero-order chi connectivity index (χ0) is 27.0. The molecule has 5 fully saturated rings. The number of rotatable bonds is 10. The first kappa shape index (κ1) is 27.3. The lowest BCUT2D eigenvalue weighted by atomic mass is 9.53. The fourth-order valence-corrected chi connectivity index (χ4v) is 8.34. The molecule has 216 valence electrons. The molecule has 0 amide bonds. The van der Waals surface area contributed by atoms with Gasteiger partial charge in [-0.25, -0.2) is 0 Å². The molecule has 8 heteroatoms. The van der Waals surface area contributed by atoms with E-state index < -0.39 is 0 Å². The second kappa shape index (κ2) is 11.2. The number of epoxide rings is 1. The highest BCUT2D eigenvalue weighted by molar-refractivity contribution is 5.75. The Kier molecular flexibility index (Phi) is 7.83. The number of carbonyl (C=O) groups excluding carboxylic acids is 1. The summed E-state index contributed by atoms with van der Waals surface area (Å²) in [5.41, 5.74) is 1.37. The maximum absolute atomic E-state index is 13.4. The van der Waals surface area contributed by atoms with E-state index in [0.29, 0.717) is 19.0 Å². The van der Waals surface area contributed by atoms with E-state index in [1.165, 1.54) is 19.3 Å². The van der Waals surface area contributed by atoms with Crippen LogP contribution in [0.1, 0.15) is 51.0 Å². The zero-order valence-corrected chi connectivity index (χ0v) is 24.0. The summed E-state index contributed by atoms with van der Waals surface area (Å²) in [4.78, 5) is 18.3. The predicted molar refractivity (Wildman–Crippen MR) is 147 cm³/mol. The van der Waals surface area contributed by atoms with E-state index in [1.807, 2.05) is 12.1 Å². The molecule has 0 bridgehead atoms. The van der Waals surface area contributed by atoms with Gasteiger partial charge in [0.15, 0.2) is 11.5 Å².